The van der Waals surface area contributed by atoms with Crippen LogP contribution in [0.5, 0.6) is 0 Å². The second kappa shape index (κ2) is 3.42. The average molecular weight is 152 g/mol. The van der Waals surface area contributed by atoms with E-state index in [1.807, 2.05) is 0 Å². The first kappa shape index (κ1) is 8.83. The summed E-state index contributed by atoms with van der Waals surface area (Å²) in [5, 5.41) is 0. The summed E-state index contributed by atoms with van der Waals surface area (Å²) in [6.07, 6.45) is 5.18. The van der Waals surface area contributed by atoms with Crippen LogP contribution in [0.4, 0.5) is 0 Å². The van der Waals surface area contributed by atoms with E-state index in [2.05, 4.69) is 33.8 Å². The molecule has 0 heteroatoms. The molecule has 3 atom stereocenters. The molecular weight excluding hydrogens is 132 g/mol. The van der Waals surface area contributed by atoms with Crippen molar-refractivity contribution in [1.29, 1.82) is 0 Å². The Morgan fingerprint density at radius 3 is 2.64 bits per heavy atom. The van der Waals surface area contributed by atoms with Crippen LogP contribution in [0.25, 0.3) is 0 Å². The van der Waals surface area contributed by atoms with Gasteiger partial charge >= 0.3 is 0 Å². The number of hydrogen-bond donors (Lipinski definition) is 0. The van der Waals surface area contributed by atoms with Crippen LogP contribution in [0, 0.1) is 17.8 Å². The third-order valence-corrected chi connectivity index (χ3v) is 3.22. The van der Waals surface area contributed by atoms with Crippen molar-refractivity contribution in [2.45, 2.75) is 40.5 Å². The zero-order chi connectivity index (χ0) is 8.43. The minimum atomic E-state index is 0.804. The van der Waals surface area contributed by atoms with Gasteiger partial charge in [-0.25, -0.2) is 0 Å². The molecule has 0 nitrogen and oxygen atoms in total. The highest BCUT2D eigenvalue weighted by Crippen LogP contribution is 2.33. The van der Waals surface area contributed by atoms with Crippen LogP contribution in [-0.4, -0.2) is 0 Å². The van der Waals surface area contributed by atoms with Crippen LogP contribution in [0.2, 0.25) is 0 Å². The summed E-state index contributed by atoms with van der Waals surface area (Å²) in [4.78, 5) is 0. The van der Waals surface area contributed by atoms with Gasteiger partial charge in [-0.05, 0) is 37.5 Å². The Labute approximate surface area is 70.7 Å². The summed E-state index contributed by atoms with van der Waals surface area (Å²) >= 11 is 0. The van der Waals surface area contributed by atoms with E-state index in [9.17, 15) is 0 Å². The minimum Gasteiger partial charge on any atom is -0.0822 e. The highest BCUT2D eigenvalue weighted by Gasteiger charge is 2.22. The lowest BCUT2D eigenvalue weighted by molar-refractivity contribution is 0.332. The maximum Gasteiger partial charge on any atom is -0.0206 e. The van der Waals surface area contributed by atoms with E-state index in [0.29, 0.717) is 0 Å². The van der Waals surface area contributed by atoms with E-state index >= 15 is 0 Å². The van der Waals surface area contributed by atoms with Gasteiger partial charge in [-0.3, -0.25) is 0 Å². The van der Waals surface area contributed by atoms with E-state index in [1.165, 1.54) is 12.8 Å². The summed E-state index contributed by atoms with van der Waals surface area (Å²) in [5.74, 6) is 2.57. The van der Waals surface area contributed by atoms with Crippen LogP contribution < -0.4 is 0 Å². The average Bonchev–Trinajstić information content (AvgIpc) is 1.97. The highest BCUT2D eigenvalue weighted by atomic mass is 14.3. The van der Waals surface area contributed by atoms with Crippen molar-refractivity contribution in [1.82, 2.24) is 0 Å². The van der Waals surface area contributed by atoms with Gasteiger partial charge in [-0.1, -0.05) is 32.4 Å². The molecule has 11 heavy (non-hydrogen) atoms. The topological polar surface area (TPSA) is 0 Å². The first-order valence-electron chi connectivity index (χ1n) is 4.83. The fraction of sp³-hybridized carbons (Fsp3) is 0.818. The van der Waals surface area contributed by atoms with Gasteiger partial charge < -0.3 is 0 Å². The fourth-order valence-electron chi connectivity index (χ4n) is 2.05. The van der Waals surface area contributed by atoms with Crippen LogP contribution in [0.3, 0.4) is 0 Å². The Bertz CT molecular complexity index is 155. The molecule has 0 N–H and O–H groups in total. The maximum atomic E-state index is 2.46. The molecule has 1 aliphatic carbocycles. The Hall–Kier alpha value is -0.260. The van der Waals surface area contributed by atoms with Crippen molar-refractivity contribution in [2.75, 3.05) is 0 Å². The van der Waals surface area contributed by atoms with E-state index in [-0.39, 0.29) is 0 Å². The maximum absolute atomic E-state index is 2.46. The van der Waals surface area contributed by atoms with Crippen molar-refractivity contribution in [3.8, 4) is 0 Å². The second-order valence-electron chi connectivity index (χ2n) is 4.09. The number of allylic oxidation sites excluding steroid dienone is 2. The van der Waals surface area contributed by atoms with Crippen LogP contribution in [0.15, 0.2) is 11.6 Å². The van der Waals surface area contributed by atoms with Crippen molar-refractivity contribution >= 4 is 0 Å². The van der Waals surface area contributed by atoms with E-state index < -0.39 is 0 Å². The molecule has 0 fully saturated rings. The molecule has 0 radical (unpaired) electrons. The molecule has 1 aliphatic rings. The summed E-state index contributed by atoms with van der Waals surface area (Å²) in [6.45, 7) is 9.29. The van der Waals surface area contributed by atoms with Gasteiger partial charge in [0.1, 0.15) is 0 Å². The lowest BCUT2D eigenvalue weighted by Gasteiger charge is -2.29. The first-order chi connectivity index (χ1) is 5.15. The van der Waals surface area contributed by atoms with Gasteiger partial charge in [0, 0.05) is 0 Å². The molecule has 0 aromatic heterocycles. The van der Waals surface area contributed by atoms with Gasteiger partial charge in [0.25, 0.3) is 0 Å². The molecule has 0 heterocycles. The molecule has 0 aromatic carbocycles. The zero-order valence-corrected chi connectivity index (χ0v) is 8.22. The third-order valence-electron chi connectivity index (χ3n) is 3.22. The van der Waals surface area contributed by atoms with Crippen LogP contribution in [-0.2, 0) is 0 Å². The molecular formula is C11H20. The van der Waals surface area contributed by atoms with E-state index in [4.69, 9.17) is 0 Å². The van der Waals surface area contributed by atoms with Crippen molar-refractivity contribution in [3.63, 3.8) is 0 Å². The Morgan fingerprint density at radius 1 is 1.45 bits per heavy atom. The summed E-state index contributed by atoms with van der Waals surface area (Å²) < 4.78 is 0. The number of hydrogen-bond acceptors (Lipinski definition) is 0. The van der Waals surface area contributed by atoms with E-state index in [0.717, 1.165) is 17.8 Å². The highest BCUT2D eigenvalue weighted by molar-refractivity contribution is 5.09. The first-order valence-corrected chi connectivity index (χ1v) is 4.83. The predicted molar refractivity (Wildman–Crippen MR) is 50.5 cm³/mol. The SMILES string of the molecule is CC[C@H]1CC(C)C(C)C=C1C. The van der Waals surface area contributed by atoms with Crippen molar-refractivity contribution in [3.05, 3.63) is 11.6 Å². The molecule has 0 saturated carbocycles. The minimum absolute atomic E-state index is 0.804. The standard InChI is InChI=1S/C11H20/c1-5-11-7-9(3)8(2)6-10(11)4/h6,8-9,11H,5,7H2,1-4H3/t8?,9?,11-/m0/s1. The van der Waals surface area contributed by atoms with E-state index in [1.54, 1.807) is 5.57 Å². The molecule has 0 saturated heterocycles. The van der Waals surface area contributed by atoms with Gasteiger partial charge in [-0.15, -0.1) is 0 Å². The molecule has 0 spiro atoms. The van der Waals surface area contributed by atoms with Crippen molar-refractivity contribution in [2.24, 2.45) is 17.8 Å². The predicted octanol–water partition coefficient (Wildman–Crippen LogP) is 3.63. The molecule has 2 unspecified atom stereocenters. The van der Waals surface area contributed by atoms with Crippen molar-refractivity contribution < 1.29 is 0 Å². The normalized spacial score (nSPS) is 38.5. The smallest absolute Gasteiger partial charge is 0.0206 e. The zero-order valence-electron chi connectivity index (χ0n) is 8.22. The summed E-state index contributed by atoms with van der Waals surface area (Å²) in [6, 6.07) is 0. The molecule has 0 amide bonds. The van der Waals surface area contributed by atoms with Gasteiger partial charge in [-0.2, -0.15) is 0 Å². The molecule has 64 valence electrons. The Kier molecular flexibility index (Phi) is 2.75. The third kappa shape index (κ3) is 1.85. The summed E-state index contributed by atoms with van der Waals surface area (Å²) in [7, 11) is 0. The largest absolute Gasteiger partial charge is 0.0822 e. The lowest BCUT2D eigenvalue weighted by atomic mass is 9.76. The monoisotopic (exact) mass is 152 g/mol. The Balaban J connectivity index is 2.68. The molecule has 0 aliphatic heterocycles. The molecule has 0 aromatic rings. The van der Waals surface area contributed by atoms with Crippen LogP contribution >= 0.6 is 0 Å². The summed E-state index contributed by atoms with van der Waals surface area (Å²) in [5.41, 5.74) is 1.62. The number of rotatable bonds is 1. The molecule has 1 rings (SSSR count). The lowest BCUT2D eigenvalue weighted by Crippen LogP contribution is -2.18. The fourth-order valence-corrected chi connectivity index (χ4v) is 2.05. The molecule has 0 bridgehead atoms. The van der Waals surface area contributed by atoms with Gasteiger partial charge in [0.05, 0.1) is 0 Å². The van der Waals surface area contributed by atoms with Gasteiger partial charge in [0.15, 0.2) is 0 Å². The van der Waals surface area contributed by atoms with Crippen LogP contribution in [0.1, 0.15) is 40.5 Å². The van der Waals surface area contributed by atoms with Gasteiger partial charge in [0.2, 0.25) is 0 Å². The quantitative estimate of drug-likeness (QED) is 0.503. The second-order valence-corrected chi connectivity index (χ2v) is 4.09. The Morgan fingerprint density at radius 2 is 2.09 bits per heavy atom.